The Bertz CT molecular complexity index is 913. The van der Waals surface area contributed by atoms with E-state index in [-0.39, 0.29) is 18.2 Å². The third-order valence-corrected chi connectivity index (χ3v) is 7.04. The molecule has 0 radical (unpaired) electrons. The van der Waals surface area contributed by atoms with Crippen LogP contribution in [0.15, 0.2) is 51.4 Å². The lowest BCUT2D eigenvalue weighted by Crippen LogP contribution is -2.50. The van der Waals surface area contributed by atoms with E-state index in [4.69, 9.17) is 9.47 Å². The second-order valence-corrected chi connectivity index (χ2v) is 9.91. The van der Waals surface area contributed by atoms with E-state index in [0.29, 0.717) is 13.2 Å². The number of para-hydroxylation sites is 1. The third-order valence-electron chi connectivity index (χ3n) is 6.12. The fourth-order valence-corrected chi connectivity index (χ4v) is 5.88. The van der Waals surface area contributed by atoms with E-state index in [2.05, 4.69) is 55.0 Å². The first-order chi connectivity index (χ1) is 14.9. The Kier molecular flexibility index (Phi) is 7.21. The molecule has 1 N–H and O–H groups in total. The normalized spacial score (nSPS) is 21.9. The SMILES string of the molecule is CN(C(=O)O)C1CCN([C@@H]2c3ccccc3OC[C@H]2OCc2cc(Br)cc(Br)c2)CC1. The summed E-state index contributed by atoms with van der Waals surface area (Å²) in [6.07, 6.45) is 0.652. The largest absolute Gasteiger partial charge is 0.490 e. The van der Waals surface area contributed by atoms with E-state index in [1.807, 2.05) is 24.3 Å². The Hall–Kier alpha value is -1.61. The van der Waals surface area contributed by atoms with Gasteiger partial charge in [-0.15, -0.1) is 0 Å². The molecule has 166 valence electrons. The maximum atomic E-state index is 11.3. The summed E-state index contributed by atoms with van der Waals surface area (Å²) in [6, 6.07) is 14.4. The number of carboxylic acid groups (broad SMARTS) is 1. The van der Waals surface area contributed by atoms with Crippen LogP contribution in [0.25, 0.3) is 0 Å². The number of likely N-dealkylation sites (tertiary alicyclic amines) is 1. The number of rotatable bonds is 5. The zero-order chi connectivity index (χ0) is 22.0. The zero-order valence-electron chi connectivity index (χ0n) is 17.3. The van der Waals surface area contributed by atoms with E-state index in [9.17, 15) is 9.90 Å². The summed E-state index contributed by atoms with van der Waals surface area (Å²) in [5.74, 6) is 0.905. The van der Waals surface area contributed by atoms with Crippen molar-refractivity contribution < 1.29 is 19.4 Å². The van der Waals surface area contributed by atoms with Crippen molar-refractivity contribution in [2.45, 2.75) is 37.6 Å². The van der Waals surface area contributed by atoms with Gasteiger partial charge in [0.1, 0.15) is 18.5 Å². The first-order valence-electron chi connectivity index (χ1n) is 10.4. The van der Waals surface area contributed by atoms with Gasteiger partial charge in [-0.05, 0) is 42.7 Å². The Morgan fingerprint density at radius 2 is 1.87 bits per heavy atom. The first kappa shape index (κ1) is 22.6. The van der Waals surface area contributed by atoms with Gasteiger partial charge in [0.2, 0.25) is 0 Å². The number of carbonyl (C=O) groups is 1. The molecule has 6 nitrogen and oxygen atoms in total. The molecule has 8 heteroatoms. The van der Waals surface area contributed by atoms with Crippen LogP contribution in [0, 0.1) is 0 Å². The number of hydrogen-bond donors (Lipinski definition) is 1. The smallest absolute Gasteiger partial charge is 0.407 e. The predicted molar refractivity (Wildman–Crippen MR) is 125 cm³/mol. The number of hydrogen-bond acceptors (Lipinski definition) is 4. The number of halogens is 2. The molecule has 1 amide bonds. The highest BCUT2D eigenvalue weighted by Gasteiger charge is 2.38. The molecule has 0 spiro atoms. The summed E-state index contributed by atoms with van der Waals surface area (Å²) in [5.41, 5.74) is 2.22. The number of nitrogens with zero attached hydrogens (tertiary/aromatic N) is 2. The number of benzene rings is 2. The van der Waals surface area contributed by atoms with Crippen molar-refractivity contribution in [2.75, 3.05) is 26.7 Å². The molecule has 0 aliphatic carbocycles. The fourth-order valence-electron chi connectivity index (χ4n) is 4.50. The molecule has 1 saturated heterocycles. The van der Waals surface area contributed by atoms with Gasteiger partial charge in [0.05, 0.1) is 12.6 Å². The minimum Gasteiger partial charge on any atom is -0.490 e. The lowest BCUT2D eigenvalue weighted by Gasteiger charge is -2.44. The maximum Gasteiger partial charge on any atom is 0.407 e. The lowest BCUT2D eigenvalue weighted by molar-refractivity contribution is -0.0667. The van der Waals surface area contributed by atoms with E-state index in [0.717, 1.165) is 51.8 Å². The van der Waals surface area contributed by atoms with Gasteiger partial charge in [0.15, 0.2) is 0 Å². The van der Waals surface area contributed by atoms with Crippen LogP contribution in [0.2, 0.25) is 0 Å². The Morgan fingerprint density at radius 3 is 2.55 bits per heavy atom. The molecule has 2 atom stereocenters. The standard InChI is InChI=1S/C23H26Br2N2O4/c1-26(23(28)29)18-6-8-27(9-7-18)22-19-4-2-3-5-20(19)31-14-21(22)30-13-15-10-16(24)12-17(25)11-15/h2-5,10-12,18,21-22H,6-9,13-14H2,1H3,(H,28,29)/t21-,22-/m1/s1. The molecule has 2 aliphatic rings. The van der Waals surface area contributed by atoms with Gasteiger partial charge < -0.3 is 19.5 Å². The summed E-state index contributed by atoms with van der Waals surface area (Å²) in [7, 11) is 1.66. The highest BCUT2D eigenvalue weighted by atomic mass is 79.9. The van der Waals surface area contributed by atoms with Crippen molar-refractivity contribution in [3.8, 4) is 5.75 Å². The summed E-state index contributed by atoms with van der Waals surface area (Å²) in [6.45, 7) is 2.63. The molecule has 0 unspecified atom stereocenters. The molecule has 2 aromatic carbocycles. The monoisotopic (exact) mass is 552 g/mol. The lowest BCUT2D eigenvalue weighted by atomic mass is 9.93. The van der Waals surface area contributed by atoms with Crippen LogP contribution in [-0.4, -0.2) is 59.9 Å². The van der Waals surface area contributed by atoms with Crippen LogP contribution in [0.5, 0.6) is 5.75 Å². The van der Waals surface area contributed by atoms with E-state index >= 15 is 0 Å². The highest BCUT2D eigenvalue weighted by Crippen LogP contribution is 2.39. The van der Waals surface area contributed by atoms with Crippen molar-refractivity contribution in [1.29, 1.82) is 0 Å². The Labute approximate surface area is 199 Å². The summed E-state index contributed by atoms with van der Waals surface area (Å²) >= 11 is 7.08. The average molecular weight is 554 g/mol. The maximum absolute atomic E-state index is 11.3. The molecule has 2 heterocycles. The van der Waals surface area contributed by atoms with Crippen molar-refractivity contribution in [1.82, 2.24) is 9.80 Å². The van der Waals surface area contributed by atoms with Gasteiger partial charge in [-0.2, -0.15) is 0 Å². The van der Waals surface area contributed by atoms with Crippen LogP contribution in [0.1, 0.15) is 30.0 Å². The van der Waals surface area contributed by atoms with Crippen molar-refractivity contribution in [3.63, 3.8) is 0 Å². The predicted octanol–water partition coefficient (Wildman–Crippen LogP) is 5.30. The van der Waals surface area contributed by atoms with Gasteiger partial charge in [0.25, 0.3) is 0 Å². The number of ether oxygens (including phenoxy) is 2. The quantitative estimate of drug-likeness (QED) is 0.544. The minimum atomic E-state index is -0.865. The van der Waals surface area contributed by atoms with E-state index in [1.54, 1.807) is 7.05 Å². The molecule has 0 saturated carbocycles. The second-order valence-electron chi connectivity index (χ2n) is 8.08. The van der Waals surface area contributed by atoms with E-state index in [1.165, 1.54) is 4.90 Å². The summed E-state index contributed by atoms with van der Waals surface area (Å²) in [4.78, 5) is 15.2. The average Bonchev–Trinajstić information content (AvgIpc) is 2.76. The Morgan fingerprint density at radius 1 is 1.19 bits per heavy atom. The molecule has 1 fully saturated rings. The molecule has 31 heavy (non-hydrogen) atoms. The number of amides is 1. The van der Waals surface area contributed by atoms with Gasteiger partial charge in [-0.3, -0.25) is 4.90 Å². The van der Waals surface area contributed by atoms with Crippen LogP contribution < -0.4 is 4.74 Å². The Balaban J connectivity index is 1.51. The van der Waals surface area contributed by atoms with Crippen molar-refractivity contribution in [3.05, 3.63) is 62.5 Å². The van der Waals surface area contributed by atoms with Gasteiger partial charge in [-0.1, -0.05) is 50.1 Å². The molecular formula is C23H26Br2N2O4. The van der Waals surface area contributed by atoms with Crippen LogP contribution in [0.4, 0.5) is 4.79 Å². The summed E-state index contributed by atoms with van der Waals surface area (Å²) < 4.78 is 14.4. The molecule has 0 bridgehead atoms. The third kappa shape index (κ3) is 5.25. The topological polar surface area (TPSA) is 62.2 Å². The minimum absolute atomic E-state index is 0.0576. The van der Waals surface area contributed by atoms with Gasteiger partial charge in [0, 0.05) is 40.7 Å². The second kappa shape index (κ2) is 9.90. The van der Waals surface area contributed by atoms with Gasteiger partial charge >= 0.3 is 6.09 Å². The van der Waals surface area contributed by atoms with Gasteiger partial charge in [-0.25, -0.2) is 4.79 Å². The van der Waals surface area contributed by atoms with Crippen molar-refractivity contribution in [2.24, 2.45) is 0 Å². The molecule has 2 aliphatic heterocycles. The molecule has 2 aromatic rings. The van der Waals surface area contributed by atoms with Crippen LogP contribution in [-0.2, 0) is 11.3 Å². The highest BCUT2D eigenvalue weighted by molar-refractivity contribution is 9.11. The molecular weight excluding hydrogens is 528 g/mol. The van der Waals surface area contributed by atoms with Crippen molar-refractivity contribution >= 4 is 38.0 Å². The number of piperidine rings is 1. The molecule has 0 aromatic heterocycles. The fraction of sp³-hybridized carbons (Fsp3) is 0.435. The first-order valence-corrected chi connectivity index (χ1v) is 12.0. The van der Waals surface area contributed by atoms with E-state index < -0.39 is 6.09 Å². The summed E-state index contributed by atoms with van der Waals surface area (Å²) in [5, 5.41) is 9.31. The zero-order valence-corrected chi connectivity index (χ0v) is 20.5. The molecule has 4 rings (SSSR count). The number of fused-ring (bicyclic) bond motifs is 1. The van der Waals surface area contributed by atoms with Crippen LogP contribution in [0.3, 0.4) is 0 Å². The van der Waals surface area contributed by atoms with Crippen LogP contribution >= 0.6 is 31.9 Å².